The standard InChI is InChI=1S/C14H23N5O2.C2HF3O2/c1-3-18-6-7-21-12-9-19(5-4-11(12)8-18)14(20)13-15-10-17(2)16-13;3-2(4,5)1(6)7/h10-12H,3-9H2,1-2H3;(H,6,7)/t11-,12-;/m1./s1. The molecule has 2 fully saturated rings. The molecule has 3 rings (SSSR count). The summed E-state index contributed by atoms with van der Waals surface area (Å²) in [6.07, 6.45) is -2.40. The first-order chi connectivity index (χ1) is 13.1. The van der Waals surface area contributed by atoms with E-state index in [1.807, 2.05) is 4.90 Å². The fourth-order valence-electron chi connectivity index (χ4n) is 3.17. The molecule has 0 bridgehead atoms. The molecule has 3 heterocycles. The van der Waals surface area contributed by atoms with Gasteiger partial charge in [0.15, 0.2) is 0 Å². The van der Waals surface area contributed by atoms with E-state index in [9.17, 15) is 18.0 Å². The Morgan fingerprint density at radius 2 is 2.00 bits per heavy atom. The highest BCUT2D eigenvalue weighted by molar-refractivity contribution is 5.90. The van der Waals surface area contributed by atoms with Crippen molar-refractivity contribution < 1.29 is 32.6 Å². The predicted octanol–water partition coefficient (Wildman–Crippen LogP) is 0.631. The molecule has 2 atom stereocenters. The molecule has 158 valence electrons. The van der Waals surface area contributed by atoms with E-state index in [-0.39, 0.29) is 17.8 Å². The third-order valence-electron chi connectivity index (χ3n) is 4.70. The van der Waals surface area contributed by atoms with E-state index in [2.05, 4.69) is 21.9 Å². The van der Waals surface area contributed by atoms with Crippen LogP contribution in [0.5, 0.6) is 0 Å². The quantitative estimate of drug-likeness (QED) is 0.768. The lowest BCUT2D eigenvalue weighted by Gasteiger charge is -2.37. The maximum atomic E-state index is 12.4. The number of alkyl halides is 3. The van der Waals surface area contributed by atoms with Crippen molar-refractivity contribution in [2.24, 2.45) is 13.0 Å². The molecule has 0 saturated carbocycles. The fourth-order valence-corrected chi connectivity index (χ4v) is 3.17. The van der Waals surface area contributed by atoms with Crippen LogP contribution in [0.3, 0.4) is 0 Å². The maximum Gasteiger partial charge on any atom is 0.490 e. The van der Waals surface area contributed by atoms with E-state index in [1.54, 1.807) is 18.1 Å². The van der Waals surface area contributed by atoms with Gasteiger partial charge in [0.1, 0.15) is 6.33 Å². The molecule has 2 aliphatic rings. The Bertz CT molecular complexity index is 681. The lowest BCUT2D eigenvalue weighted by atomic mass is 9.93. The second-order valence-electron chi connectivity index (χ2n) is 6.65. The highest BCUT2D eigenvalue weighted by atomic mass is 19.4. The van der Waals surface area contributed by atoms with Crippen LogP contribution < -0.4 is 0 Å². The van der Waals surface area contributed by atoms with Crippen molar-refractivity contribution in [3.05, 3.63) is 12.2 Å². The number of halogens is 3. The Morgan fingerprint density at radius 3 is 2.54 bits per heavy atom. The zero-order valence-corrected chi connectivity index (χ0v) is 15.7. The third-order valence-corrected chi connectivity index (χ3v) is 4.70. The number of aliphatic carboxylic acids is 1. The molecule has 0 aliphatic carbocycles. The zero-order valence-electron chi connectivity index (χ0n) is 15.7. The summed E-state index contributed by atoms with van der Waals surface area (Å²) in [5.74, 6) is -2.05. The number of hydrogen-bond acceptors (Lipinski definition) is 6. The summed E-state index contributed by atoms with van der Waals surface area (Å²) in [6, 6.07) is 0. The normalized spacial score (nSPS) is 23.2. The van der Waals surface area contributed by atoms with Gasteiger partial charge in [0, 0.05) is 39.1 Å². The number of hydrogen-bond donors (Lipinski definition) is 1. The SMILES string of the molecule is CCN1CCO[C@@H]2CN(C(=O)c3ncn(C)n3)CC[C@@H]2C1.O=C(O)C(F)(F)F. The van der Waals surface area contributed by atoms with Crippen LogP contribution >= 0.6 is 0 Å². The summed E-state index contributed by atoms with van der Waals surface area (Å²) in [7, 11) is 1.77. The molecule has 28 heavy (non-hydrogen) atoms. The van der Waals surface area contributed by atoms with Crippen LogP contribution in [0.15, 0.2) is 6.33 Å². The number of carboxylic acid groups (broad SMARTS) is 1. The zero-order chi connectivity index (χ0) is 20.9. The smallest absolute Gasteiger partial charge is 0.475 e. The second-order valence-corrected chi connectivity index (χ2v) is 6.65. The van der Waals surface area contributed by atoms with Gasteiger partial charge in [0.2, 0.25) is 5.82 Å². The number of fused-ring (bicyclic) bond motifs is 1. The number of ether oxygens (including phenoxy) is 1. The highest BCUT2D eigenvalue weighted by Crippen LogP contribution is 2.24. The molecule has 2 aliphatic heterocycles. The van der Waals surface area contributed by atoms with Crippen LogP contribution in [0.4, 0.5) is 13.2 Å². The Kier molecular flexibility index (Phi) is 7.35. The topological polar surface area (TPSA) is 101 Å². The lowest BCUT2D eigenvalue weighted by Crippen LogP contribution is -2.49. The van der Waals surface area contributed by atoms with Gasteiger partial charge in [0.05, 0.1) is 12.7 Å². The number of aromatic nitrogens is 3. The minimum Gasteiger partial charge on any atom is -0.475 e. The minimum absolute atomic E-state index is 0.0887. The number of aryl methyl sites for hydroxylation is 1. The predicted molar refractivity (Wildman–Crippen MR) is 90.6 cm³/mol. The molecule has 1 amide bonds. The molecule has 0 spiro atoms. The van der Waals surface area contributed by atoms with Crippen molar-refractivity contribution in [2.45, 2.75) is 25.6 Å². The van der Waals surface area contributed by atoms with E-state index < -0.39 is 12.1 Å². The maximum absolute atomic E-state index is 12.4. The van der Waals surface area contributed by atoms with Crippen molar-refractivity contribution in [2.75, 3.05) is 39.3 Å². The first-order valence-electron chi connectivity index (χ1n) is 8.90. The van der Waals surface area contributed by atoms with Gasteiger partial charge in [-0.1, -0.05) is 6.92 Å². The first-order valence-corrected chi connectivity index (χ1v) is 8.90. The Balaban J connectivity index is 0.000000345. The summed E-state index contributed by atoms with van der Waals surface area (Å²) < 4.78 is 39.3. The van der Waals surface area contributed by atoms with Gasteiger partial charge in [-0.25, -0.2) is 9.78 Å². The lowest BCUT2D eigenvalue weighted by molar-refractivity contribution is -0.192. The molecular formula is C16H24F3N5O4. The van der Waals surface area contributed by atoms with Crippen molar-refractivity contribution in [1.82, 2.24) is 24.6 Å². The van der Waals surface area contributed by atoms with E-state index in [0.717, 1.165) is 39.2 Å². The summed E-state index contributed by atoms with van der Waals surface area (Å²) >= 11 is 0. The Morgan fingerprint density at radius 1 is 1.32 bits per heavy atom. The molecule has 9 nitrogen and oxygen atoms in total. The summed E-state index contributed by atoms with van der Waals surface area (Å²) in [4.78, 5) is 29.6. The second kappa shape index (κ2) is 9.32. The summed E-state index contributed by atoms with van der Waals surface area (Å²) in [5.41, 5.74) is 0. The van der Waals surface area contributed by atoms with Gasteiger partial charge in [-0.2, -0.15) is 13.2 Å². The average molecular weight is 407 g/mol. The number of likely N-dealkylation sites (tertiary alicyclic amines) is 1. The molecule has 1 aromatic heterocycles. The molecule has 12 heteroatoms. The van der Waals surface area contributed by atoms with Crippen molar-refractivity contribution in [3.8, 4) is 0 Å². The van der Waals surface area contributed by atoms with E-state index in [4.69, 9.17) is 14.6 Å². The van der Waals surface area contributed by atoms with Crippen molar-refractivity contribution in [3.63, 3.8) is 0 Å². The number of carbonyl (C=O) groups is 2. The molecule has 0 aromatic carbocycles. The average Bonchev–Trinajstić information content (AvgIpc) is 2.96. The molecular weight excluding hydrogens is 383 g/mol. The van der Waals surface area contributed by atoms with Gasteiger partial charge in [-0.05, 0) is 13.0 Å². The number of likely N-dealkylation sites (N-methyl/N-ethyl adjacent to an activating group) is 1. The van der Waals surface area contributed by atoms with Crippen molar-refractivity contribution in [1.29, 1.82) is 0 Å². The monoisotopic (exact) mass is 407 g/mol. The Labute approximate surface area is 160 Å². The van der Waals surface area contributed by atoms with Gasteiger partial charge in [-0.15, -0.1) is 5.10 Å². The van der Waals surface area contributed by atoms with Crippen LogP contribution in [0.2, 0.25) is 0 Å². The van der Waals surface area contributed by atoms with E-state index in [0.29, 0.717) is 12.5 Å². The molecule has 0 unspecified atom stereocenters. The van der Waals surface area contributed by atoms with Gasteiger partial charge in [0.25, 0.3) is 5.91 Å². The summed E-state index contributed by atoms with van der Waals surface area (Å²) in [6.45, 7) is 7.47. The van der Waals surface area contributed by atoms with Crippen LogP contribution in [0, 0.1) is 5.92 Å². The largest absolute Gasteiger partial charge is 0.490 e. The molecule has 1 N–H and O–H groups in total. The number of carboxylic acids is 1. The van der Waals surface area contributed by atoms with Gasteiger partial charge in [-0.3, -0.25) is 9.48 Å². The first kappa shape index (κ1) is 22.1. The van der Waals surface area contributed by atoms with Crippen LogP contribution in [0.1, 0.15) is 24.0 Å². The fraction of sp³-hybridized carbons (Fsp3) is 0.750. The Hall–Kier alpha value is -2.21. The van der Waals surface area contributed by atoms with Crippen LogP contribution in [-0.4, -0.2) is 93.2 Å². The van der Waals surface area contributed by atoms with Crippen LogP contribution in [0.25, 0.3) is 0 Å². The van der Waals surface area contributed by atoms with Crippen LogP contribution in [-0.2, 0) is 16.6 Å². The third kappa shape index (κ3) is 5.89. The number of amides is 1. The van der Waals surface area contributed by atoms with E-state index in [1.165, 1.54) is 0 Å². The molecule has 1 aromatic rings. The summed E-state index contributed by atoms with van der Waals surface area (Å²) in [5, 5.41) is 11.2. The van der Waals surface area contributed by atoms with Crippen molar-refractivity contribution >= 4 is 11.9 Å². The number of carbonyl (C=O) groups excluding carboxylic acids is 1. The molecule has 2 saturated heterocycles. The number of piperidine rings is 1. The highest BCUT2D eigenvalue weighted by Gasteiger charge is 2.38. The van der Waals surface area contributed by atoms with E-state index >= 15 is 0 Å². The number of rotatable bonds is 2. The van der Waals surface area contributed by atoms with Gasteiger partial charge >= 0.3 is 12.1 Å². The molecule has 0 radical (unpaired) electrons. The minimum atomic E-state index is -5.08. The number of nitrogens with zero attached hydrogens (tertiary/aromatic N) is 5. The van der Waals surface area contributed by atoms with Gasteiger partial charge < -0.3 is 19.6 Å².